The number of rotatable bonds is 7. The fraction of sp³-hybridized carbons (Fsp3) is 0.417. The molecule has 0 radical (unpaired) electrons. The summed E-state index contributed by atoms with van der Waals surface area (Å²) >= 11 is 0. The number of benzene rings is 2. The van der Waals surface area contributed by atoms with Gasteiger partial charge in [-0.15, -0.1) is 0 Å². The van der Waals surface area contributed by atoms with Crippen LogP contribution in [0.4, 0.5) is 5.69 Å². The molecule has 0 aromatic heterocycles. The van der Waals surface area contributed by atoms with Gasteiger partial charge in [0.05, 0.1) is 13.1 Å². The van der Waals surface area contributed by atoms with Crippen LogP contribution in [0.15, 0.2) is 54.6 Å². The van der Waals surface area contributed by atoms with Gasteiger partial charge in [-0.2, -0.15) is 0 Å². The van der Waals surface area contributed by atoms with Gasteiger partial charge < -0.3 is 25.6 Å². The Balaban J connectivity index is 1.78. The summed E-state index contributed by atoms with van der Waals surface area (Å²) in [6.45, 7) is 7.16. The quantitative estimate of drug-likeness (QED) is 0.714. The predicted molar refractivity (Wildman–Crippen MR) is 122 cm³/mol. The fourth-order valence-electron chi connectivity index (χ4n) is 3.52. The van der Waals surface area contributed by atoms with Gasteiger partial charge in [0.25, 0.3) is 0 Å². The van der Waals surface area contributed by atoms with Crippen molar-refractivity contribution in [1.29, 1.82) is 0 Å². The van der Waals surface area contributed by atoms with Crippen LogP contribution in [0, 0.1) is 0 Å². The minimum atomic E-state index is -0.354. The van der Waals surface area contributed by atoms with E-state index >= 15 is 0 Å². The molecule has 3 N–H and O–H groups in total. The molecule has 1 heterocycles. The number of hydrogen-bond donors (Lipinski definition) is 2. The van der Waals surface area contributed by atoms with E-state index in [1.54, 1.807) is 9.80 Å². The zero-order valence-corrected chi connectivity index (χ0v) is 18.5. The molecule has 1 saturated heterocycles. The smallest absolute Gasteiger partial charge is 0.242 e. The molecule has 31 heavy (non-hydrogen) atoms. The molecule has 7 heteroatoms. The Kier molecular flexibility index (Phi) is 7.17. The first-order chi connectivity index (χ1) is 14.7. The molecule has 0 spiro atoms. The van der Waals surface area contributed by atoms with E-state index in [1.165, 1.54) is 0 Å². The second-order valence-corrected chi connectivity index (χ2v) is 8.96. The Morgan fingerprint density at radius 3 is 2.45 bits per heavy atom. The normalized spacial score (nSPS) is 16.1. The first-order valence-corrected chi connectivity index (χ1v) is 10.6. The Labute approximate surface area is 184 Å². The van der Waals surface area contributed by atoms with E-state index in [2.05, 4.69) is 5.32 Å². The summed E-state index contributed by atoms with van der Waals surface area (Å²) in [7, 11) is 0. The SMILES string of the molecule is CC(C)(C)NC(=O)CN(CC(=O)N1CCC(N)C1)c1cccc(Oc2ccccc2)c1. The maximum atomic E-state index is 12.9. The molecule has 1 unspecified atom stereocenters. The number of anilines is 1. The van der Waals surface area contributed by atoms with Crippen LogP contribution in [-0.4, -0.2) is 54.5 Å². The predicted octanol–water partition coefficient (Wildman–Crippen LogP) is 2.76. The number of hydrogen-bond acceptors (Lipinski definition) is 5. The van der Waals surface area contributed by atoms with Crippen molar-refractivity contribution in [3.05, 3.63) is 54.6 Å². The van der Waals surface area contributed by atoms with Crippen molar-refractivity contribution < 1.29 is 14.3 Å². The van der Waals surface area contributed by atoms with Gasteiger partial charge in [0, 0.05) is 36.4 Å². The van der Waals surface area contributed by atoms with Gasteiger partial charge in [-0.05, 0) is 51.5 Å². The van der Waals surface area contributed by atoms with Crippen LogP contribution in [0.2, 0.25) is 0 Å². The summed E-state index contributed by atoms with van der Waals surface area (Å²) in [6, 6.07) is 16.9. The van der Waals surface area contributed by atoms with Gasteiger partial charge in [-0.3, -0.25) is 9.59 Å². The van der Waals surface area contributed by atoms with Crippen molar-refractivity contribution >= 4 is 17.5 Å². The summed E-state index contributed by atoms with van der Waals surface area (Å²) in [5.41, 5.74) is 6.35. The van der Waals surface area contributed by atoms with Gasteiger partial charge in [-0.1, -0.05) is 24.3 Å². The van der Waals surface area contributed by atoms with Gasteiger partial charge in [-0.25, -0.2) is 0 Å². The molecule has 1 fully saturated rings. The lowest BCUT2D eigenvalue weighted by molar-refractivity contribution is -0.128. The summed E-state index contributed by atoms with van der Waals surface area (Å²) in [4.78, 5) is 29.1. The maximum absolute atomic E-state index is 12.9. The van der Waals surface area contributed by atoms with E-state index in [0.717, 1.165) is 17.9 Å². The molecule has 0 bridgehead atoms. The largest absolute Gasteiger partial charge is 0.457 e. The second kappa shape index (κ2) is 9.83. The lowest BCUT2D eigenvalue weighted by atomic mass is 10.1. The minimum absolute atomic E-state index is 0.0178. The van der Waals surface area contributed by atoms with Gasteiger partial charge in [0.1, 0.15) is 11.5 Å². The van der Waals surface area contributed by atoms with E-state index < -0.39 is 0 Å². The lowest BCUT2D eigenvalue weighted by Crippen LogP contribution is -2.48. The van der Waals surface area contributed by atoms with Crippen LogP contribution in [0.25, 0.3) is 0 Å². The molecule has 0 aliphatic carbocycles. The fourth-order valence-corrected chi connectivity index (χ4v) is 3.52. The summed E-state index contributed by atoms with van der Waals surface area (Å²) in [5.74, 6) is 1.18. The molecule has 7 nitrogen and oxygen atoms in total. The third-order valence-corrected chi connectivity index (χ3v) is 4.91. The first kappa shape index (κ1) is 22.6. The van der Waals surface area contributed by atoms with E-state index in [9.17, 15) is 9.59 Å². The van der Waals surface area contributed by atoms with Crippen molar-refractivity contribution in [3.63, 3.8) is 0 Å². The Morgan fingerprint density at radius 1 is 1.10 bits per heavy atom. The third-order valence-electron chi connectivity index (χ3n) is 4.91. The van der Waals surface area contributed by atoms with Crippen molar-refractivity contribution in [1.82, 2.24) is 10.2 Å². The average molecular weight is 425 g/mol. The highest BCUT2D eigenvalue weighted by Gasteiger charge is 2.26. The number of nitrogens with two attached hydrogens (primary N) is 1. The van der Waals surface area contributed by atoms with E-state index in [1.807, 2.05) is 75.4 Å². The maximum Gasteiger partial charge on any atom is 0.242 e. The van der Waals surface area contributed by atoms with Gasteiger partial charge >= 0.3 is 0 Å². The first-order valence-electron chi connectivity index (χ1n) is 10.6. The van der Waals surface area contributed by atoms with Crippen LogP contribution in [-0.2, 0) is 9.59 Å². The molecule has 0 saturated carbocycles. The zero-order valence-electron chi connectivity index (χ0n) is 18.5. The van der Waals surface area contributed by atoms with Crippen molar-refractivity contribution in [2.45, 2.75) is 38.8 Å². The molecular weight excluding hydrogens is 392 g/mol. The van der Waals surface area contributed by atoms with Crippen LogP contribution < -0.4 is 20.7 Å². The van der Waals surface area contributed by atoms with E-state index in [0.29, 0.717) is 18.8 Å². The van der Waals surface area contributed by atoms with Crippen LogP contribution >= 0.6 is 0 Å². The monoisotopic (exact) mass is 424 g/mol. The number of ether oxygens (including phenoxy) is 1. The number of carbonyl (C=O) groups is 2. The number of likely N-dealkylation sites (tertiary alicyclic amines) is 1. The highest BCUT2D eigenvalue weighted by Crippen LogP contribution is 2.26. The van der Waals surface area contributed by atoms with Crippen LogP contribution in [0.1, 0.15) is 27.2 Å². The molecular formula is C24H32N4O3. The van der Waals surface area contributed by atoms with Gasteiger partial charge in [0.15, 0.2) is 0 Å². The molecule has 2 amide bonds. The Bertz CT molecular complexity index is 895. The summed E-state index contributed by atoms with van der Waals surface area (Å²) in [6.07, 6.45) is 0.802. The number of para-hydroxylation sites is 1. The standard InChI is InChI=1S/C24H32N4O3/c1-24(2,3)26-22(29)16-28(17-23(30)27-13-12-18(25)15-27)19-8-7-11-21(14-19)31-20-9-5-4-6-10-20/h4-11,14,18H,12-13,15-17,25H2,1-3H3,(H,26,29). The summed E-state index contributed by atoms with van der Waals surface area (Å²) < 4.78 is 5.93. The average Bonchev–Trinajstić information content (AvgIpc) is 3.13. The Hall–Kier alpha value is -3.06. The summed E-state index contributed by atoms with van der Waals surface area (Å²) in [5, 5.41) is 2.97. The van der Waals surface area contributed by atoms with E-state index in [4.69, 9.17) is 10.5 Å². The van der Waals surface area contributed by atoms with Crippen molar-refractivity contribution in [2.24, 2.45) is 5.73 Å². The molecule has 1 aliphatic rings. The molecule has 1 aliphatic heterocycles. The topological polar surface area (TPSA) is 87.9 Å². The van der Waals surface area contributed by atoms with Crippen LogP contribution in [0.5, 0.6) is 11.5 Å². The van der Waals surface area contributed by atoms with Crippen LogP contribution in [0.3, 0.4) is 0 Å². The highest BCUT2D eigenvalue weighted by molar-refractivity contribution is 5.87. The number of carbonyl (C=O) groups excluding carboxylic acids is 2. The van der Waals surface area contributed by atoms with Gasteiger partial charge in [0.2, 0.25) is 11.8 Å². The Morgan fingerprint density at radius 2 is 1.81 bits per heavy atom. The number of nitrogens with zero attached hydrogens (tertiary/aromatic N) is 2. The zero-order chi connectivity index (χ0) is 22.4. The molecule has 2 aromatic rings. The van der Waals surface area contributed by atoms with Crippen molar-refractivity contribution in [2.75, 3.05) is 31.1 Å². The number of amides is 2. The lowest BCUT2D eigenvalue weighted by Gasteiger charge is -2.28. The second-order valence-electron chi connectivity index (χ2n) is 8.96. The van der Waals surface area contributed by atoms with E-state index in [-0.39, 0.29) is 36.5 Å². The molecule has 166 valence electrons. The third kappa shape index (κ3) is 7.00. The molecule has 1 atom stereocenters. The van der Waals surface area contributed by atoms with Crippen molar-refractivity contribution in [3.8, 4) is 11.5 Å². The highest BCUT2D eigenvalue weighted by atomic mass is 16.5. The minimum Gasteiger partial charge on any atom is -0.457 e. The number of nitrogens with one attached hydrogen (secondary N) is 1. The molecule has 3 rings (SSSR count). The molecule has 2 aromatic carbocycles.